The maximum atomic E-state index is 12.2. The molecule has 0 aromatic heterocycles. The predicted molar refractivity (Wildman–Crippen MR) is 150 cm³/mol. The first-order chi connectivity index (χ1) is 13.9. The number of halogens is 10. The lowest BCUT2D eigenvalue weighted by Gasteiger charge is -2.13. The molecule has 0 unspecified atom stereocenters. The molecule has 0 atom stereocenters. The number of rotatable bonds is 4. The van der Waals surface area contributed by atoms with Gasteiger partial charge in [0, 0.05) is 21.1 Å². The van der Waals surface area contributed by atoms with Crippen molar-refractivity contribution in [3.05, 3.63) is 56.9 Å². The maximum absolute atomic E-state index is 12.2. The van der Waals surface area contributed by atoms with Gasteiger partial charge in [-0.2, -0.15) is 0 Å². The van der Waals surface area contributed by atoms with Crippen molar-refractivity contribution in [2.45, 2.75) is 0 Å². The van der Waals surface area contributed by atoms with Crippen molar-refractivity contribution in [1.29, 1.82) is 0 Å². The molecule has 0 aliphatic heterocycles. The minimum absolute atomic E-state index is 0.228. The molecular weight excluding hydrogens is 1060 g/mol. The van der Waals surface area contributed by atoms with E-state index in [1.54, 1.807) is 0 Å². The van der Waals surface area contributed by atoms with E-state index in [1.807, 2.05) is 0 Å². The van der Waals surface area contributed by atoms with Crippen molar-refractivity contribution in [2.24, 2.45) is 0 Å². The normalized spacial score (nSPS) is 11.1. The van der Waals surface area contributed by atoms with Crippen molar-refractivity contribution < 1.29 is 19.1 Å². The third-order valence-electron chi connectivity index (χ3n) is 3.10. The number of ether oxygens (including phenoxy) is 2. The zero-order valence-corrected chi connectivity index (χ0v) is 29.4. The van der Waals surface area contributed by atoms with Crippen molar-refractivity contribution in [3.8, 4) is 11.5 Å². The van der Waals surface area contributed by atoms with Gasteiger partial charge in [0.25, 0.3) is 0 Å². The number of benzene rings is 2. The second-order valence-corrected chi connectivity index (χ2v) is 12.9. The van der Waals surface area contributed by atoms with E-state index in [9.17, 15) is 9.59 Å². The number of esters is 2. The Labute approximate surface area is 254 Å². The molecule has 0 aliphatic rings. The highest BCUT2D eigenvalue weighted by atomic mass is 79.9. The molecular formula is C16H2Br10O4. The highest BCUT2D eigenvalue weighted by molar-refractivity contribution is 9.16. The molecule has 0 saturated heterocycles. The standard InChI is InChI=1S/C16H2Br10O4/c17-5-7(19)11(23)15(12(24)8(5)20)29-3(27)1-2-4(28)30-16-13(25)9(21)6(18)10(22)14(16)26/h1-2H/b2-1-. The Morgan fingerprint density at radius 1 is 0.433 bits per heavy atom. The molecule has 0 N–H and O–H groups in total. The van der Waals surface area contributed by atoms with Crippen LogP contribution in [0.15, 0.2) is 56.9 Å². The average molecular weight is 1060 g/mol. The van der Waals surface area contributed by atoms with Crippen LogP contribution in [-0.2, 0) is 9.59 Å². The van der Waals surface area contributed by atoms with Crippen LogP contribution in [0.2, 0.25) is 0 Å². The first-order valence-corrected chi connectivity index (χ1v) is 15.0. The Bertz CT molecular complexity index is 953. The Hall–Kier alpha value is 1.92. The largest absolute Gasteiger partial charge is 0.421 e. The summed E-state index contributed by atoms with van der Waals surface area (Å²) in [5.41, 5.74) is 0. The van der Waals surface area contributed by atoms with Crippen LogP contribution in [0.25, 0.3) is 0 Å². The molecule has 2 aromatic rings. The Morgan fingerprint density at radius 3 is 0.867 bits per heavy atom. The monoisotopic (exact) mass is 1050 g/mol. The first-order valence-electron chi connectivity index (χ1n) is 7.03. The van der Waals surface area contributed by atoms with Gasteiger partial charge in [0.15, 0.2) is 11.5 Å². The smallest absolute Gasteiger partial charge is 0.336 e. The van der Waals surface area contributed by atoms with E-state index < -0.39 is 11.9 Å². The lowest BCUT2D eigenvalue weighted by atomic mass is 10.3. The van der Waals surface area contributed by atoms with Gasteiger partial charge in [-0.1, -0.05) is 0 Å². The number of carbonyl (C=O) groups is 2. The van der Waals surface area contributed by atoms with Crippen LogP contribution in [0.1, 0.15) is 0 Å². The van der Waals surface area contributed by atoms with Crippen molar-refractivity contribution in [2.75, 3.05) is 0 Å². The van der Waals surface area contributed by atoms with E-state index in [-0.39, 0.29) is 11.5 Å². The fourth-order valence-electron chi connectivity index (χ4n) is 1.75. The zero-order chi connectivity index (χ0) is 22.9. The fourth-order valence-corrected chi connectivity index (χ4v) is 8.10. The molecule has 4 nitrogen and oxygen atoms in total. The minimum atomic E-state index is -0.772. The van der Waals surface area contributed by atoms with Crippen LogP contribution in [0, 0.1) is 0 Å². The van der Waals surface area contributed by atoms with Gasteiger partial charge in [-0.05, 0) is 159 Å². The van der Waals surface area contributed by atoms with Gasteiger partial charge in [-0.3, -0.25) is 0 Å². The van der Waals surface area contributed by atoms with E-state index in [0.717, 1.165) is 21.1 Å². The molecule has 30 heavy (non-hydrogen) atoms. The quantitative estimate of drug-likeness (QED) is 0.101. The summed E-state index contributed by atoms with van der Waals surface area (Å²) in [4.78, 5) is 24.5. The first kappa shape index (κ1) is 28.2. The van der Waals surface area contributed by atoms with E-state index in [0.29, 0.717) is 35.8 Å². The molecule has 160 valence electrons. The van der Waals surface area contributed by atoms with Gasteiger partial charge in [-0.15, -0.1) is 0 Å². The molecule has 0 aliphatic carbocycles. The second-order valence-electron chi connectivity index (χ2n) is 4.97. The molecule has 0 spiro atoms. The summed E-state index contributed by atoms with van der Waals surface area (Å²) in [6, 6.07) is 0. The SMILES string of the molecule is O=C(/C=C\C(=O)Oc1c(Br)c(Br)c(Br)c(Br)c1Br)Oc1c(Br)c(Br)c(Br)c(Br)c1Br. The van der Waals surface area contributed by atoms with Gasteiger partial charge in [0.05, 0.1) is 35.8 Å². The third kappa shape index (κ3) is 6.32. The van der Waals surface area contributed by atoms with E-state index in [1.165, 1.54) is 0 Å². The summed E-state index contributed by atoms with van der Waals surface area (Å²) >= 11 is 33.8. The number of hydrogen-bond donors (Lipinski definition) is 0. The van der Waals surface area contributed by atoms with Gasteiger partial charge < -0.3 is 9.47 Å². The minimum Gasteiger partial charge on any atom is -0.421 e. The van der Waals surface area contributed by atoms with Crippen LogP contribution >= 0.6 is 159 Å². The number of hydrogen-bond acceptors (Lipinski definition) is 4. The molecule has 2 rings (SSSR count). The Balaban J connectivity index is 2.21. The van der Waals surface area contributed by atoms with Crippen molar-refractivity contribution in [3.63, 3.8) is 0 Å². The summed E-state index contributed by atoms with van der Waals surface area (Å²) in [6.07, 6.45) is 1.94. The van der Waals surface area contributed by atoms with Crippen LogP contribution in [-0.4, -0.2) is 11.9 Å². The third-order valence-corrected chi connectivity index (χ3v) is 15.1. The lowest BCUT2D eigenvalue weighted by Crippen LogP contribution is -2.10. The van der Waals surface area contributed by atoms with Gasteiger partial charge >= 0.3 is 11.9 Å². The molecule has 14 heteroatoms. The lowest BCUT2D eigenvalue weighted by molar-refractivity contribution is -0.131. The van der Waals surface area contributed by atoms with Crippen LogP contribution in [0.4, 0.5) is 0 Å². The maximum Gasteiger partial charge on any atom is 0.336 e. The molecule has 0 saturated carbocycles. The zero-order valence-electron chi connectivity index (χ0n) is 13.6. The predicted octanol–water partition coefficient (Wildman–Crippen LogP) is 10.4. The Kier molecular flexibility index (Phi) is 11.3. The van der Waals surface area contributed by atoms with Gasteiger partial charge in [0.1, 0.15) is 0 Å². The molecule has 0 amide bonds. The summed E-state index contributed by atoms with van der Waals surface area (Å²) in [7, 11) is 0. The summed E-state index contributed by atoms with van der Waals surface area (Å²) in [6.45, 7) is 0. The summed E-state index contributed by atoms with van der Waals surface area (Å²) < 4.78 is 16.7. The van der Waals surface area contributed by atoms with Crippen molar-refractivity contribution in [1.82, 2.24) is 0 Å². The fraction of sp³-hybridized carbons (Fsp3) is 0. The highest BCUT2D eigenvalue weighted by Gasteiger charge is 2.22. The number of carbonyl (C=O) groups excluding carboxylic acids is 2. The molecule has 0 bridgehead atoms. The van der Waals surface area contributed by atoms with Crippen LogP contribution in [0.5, 0.6) is 11.5 Å². The summed E-state index contributed by atoms with van der Waals surface area (Å²) in [5, 5.41) is 0. The topological polar surface area (TPSA) is 52.6 Å². The van der Waals surface area contributed by atoms with Crippen LogP contribution < -0.4 is 9.47 Å². The second kappa shape index (κ2) is 12.1. The van der Waals surface area contributed by atoms with Crippen molar-refractivity contribution >= 4 is 171 Å². The van der Waals surface area contributed by atoms with E-state index in [2.05, 4.69) is 159 Å². The average Bonchev–Trinajstić information content (AvgIpc) is 2.72. The molecule has 0 radical (unpaired) electrons. The Morgan fingerprint density at radius 2 is 0.633 bits per heavy atom. The van der Waals surface area contributed by atoms with Gasteiger partial charge in [-0.25, -0.2) is 9.59 Å². The highest BCUT2D eigenvalue weighted by Crippen LogP contribution is 2.49. The van der Waals surface area contributed by atoms with Gasteiger partial charge in [0.2, 0.25) is 0 Å². The van der Waals surface area contributed by atoms with E-state index >= 15 is 0 Å². The molecule has 0 heterocycles. The summed E-state index contributed by atoms with van der Waals surface area (Å²) in [5.74, 6) is -1.09. The molecule has 2 aromatic carbocycles. The van der Waals surface area contributed by atoms with Crippen LogP contribution in [0.3, 0.4) is 0 Å². The molecule has 0 fully saturated rings. The van der Waals surface area contributed by atoms with E-state index in [4.69, 9.17) is 9.47 Å².